The normalized spacial score (nSPS) is 11.6. The minimum Gasteiger partial charge on any atom is -1.00 e. The fourth-order valence-corrected chi connectivity index (χ4v) is 8.43. The van der Waals surface area contributed by atoms with Crippen molar-refractivity contribution in [3.63, 3.8) is 0 Å². The lowest BCUT2D eigenvalue weighted by Crippen LogP contribution is -3.00. The average molecular weight is 457 g/mol. The summed E-state index contributed by atoms with van der Waals surface area (Å²) in [5.74, 6) is 0. The second kappa shape index (κ2) is 9.68. The van der Waals surface area contributed by atoms with Crippen LogP contribution in [0.15, 0.2) is 115 Å². The first-order chi connectivity index (χ1) is 14.5. The molecule has 0 amide bonds. The van der Waals surface area contributed by atoms with Crippen LogP contribution in [0, 0.1) is 0 Å². The fourth-order valence-electron chi connectivity index (χ4n) is 3.96. The Labute approximate surface area is 187 Å². The number of hydrogen-bond acceptors (Lipinski definition) is 0. The summed E-state index contributed by atoms with van der Waals surface area (Å²) in [6, 6.07) is 35.2. The van der Waals surface area contributed by atoms with Gasteiger partial charge in [0.25, 0.3) is 0 Å². The minimum absolute atomic E-state index is 0. The van der Waals surface area contributed by atoms with Crippen LogP contribution >= 0.6 is 7.26 Å². The first kappa shape index (κ1) is 23.1. The third kappa shape index (κ3) is 4.69. The van der Waals surface area contributed by atoms with Gasteiger partial charge < -0.3 is 12.4 Å². The van der Waals surface area contributed by atoms with Crippen molar-refractivity contribution < 1.29 is 25.6 Å². The first-order valence-electron chi connectivity index (χ1n) is 9.72. The number of rotatable bonds is 5. The van der Waals surface area contributed by atoms with E-state index in [1.165, 1.54) is 12.1 Å². The van der Waals surface area contributed by atoms with E-state index >= 15 is 0 Å². The van der Waals surface area contributed by atoms with Crippen molar-refractivity contribution >= 4 is 23.2 Å². The van der Waals surface area contributed by atoms with Crippen LogP contribution in [-0.2, 0) is 12.3 Å². The molecule has 0 aliphatic carbocycles. The maximum Gasteiger partial charge on any atom is 0.420 e. The highest BCUT2D eigenvalue weighted by molar-refractivity contribution is 7.95. The van der Waals surface area contributed by atoms with E-state index in [2.05, 4.69) is 0 Å². The van der Waals surface area contributed by atoms with Gasteiger partial charge in [0.2, 0.25) is 0 Å². The minimum atomic E-state index is -4.43. The van der Waals surface area contributed by atoms with Crippen molar-refractivity contribution in [3.05, 3.63) is 126 Å². The van der Waals surface area contributed by atoms with E-state index in [1.54, 1.807) is 12.1 Å². The van der Waals surface area contributed by atoms with Gasteiger partial charge >= 0.3 is 6.18 Å². The van der Waals surface area contributed by atoms with E-state index in [0.29, 0.717) is 11.5 Å². The third-order valence-electron chi connectivity index (χ3n) is 5.28. The molecule has 5 heteroatoms. The zero-order valence-corrected chi connectivity index (χ0v) is 18.3. The molecule has 158 valence electrons. The highest BCUT2D eigenvalue weighted by Crippen LogP contribution is 2.59. The van der Waals surface area contributed by atoms with E-state index in [4.69, 9.17) is 0 Å². The molecule has 0 bridgehead atoms. The average Bonchev–Trinajstić information content (AvgIpc) is 2.79. The quantitative estimate of drug-likeness (QED) is 0.405. The molecule has 0 atom stereocenters. The fraction of sp³-hybridized carbons (Fsp3) is 0.0769. The molecule has 0 radical (unpaired) electrons. The second-order valence-electron chi connectivity index (χ2n) is 7.14. The molecule has 0 aliphatic heterocycles. The molecule has 0 unspecified atom stereocenters. The van der Waals surface area contributed by atoms with Crippen LogP contribution < -0.4 is 28.3 Å². The smallest absolute Gasteiger partial charge is 0.420 e. The molecule has 0 heterocycles. The second-order valence-corrected chi connectivity index (χ2v) is 10.6. The Hall–Kier alpha value is -2.61. The van der Waals surface area contributed by atoms with Gasteiger partial charge in [0.05, 0.1) is 11.7 Å². The summed E-state index contributed by atoms with van der Waals surface area (Å²) in [6.45, 7) is 0. The number of halogens is 4. The third-order valence-corrected chi connectivity index (χ3v) is 9.69. The van der Waals surface area contributed by atoms with Gasteiger partial charge in [-0.25, -0.2) is 0 Å². The molecule has 0 saturated heterocycles. The summed E-state index contributed by atoms with van der Waals surface area (Å²) < 4.78 is 42.5. The molecule has 0 aliphatic rings. The highest BCUT2D eigenvalue weighted by atomic mass is 35.5. The van der Waals surface area contributed by atoms with Crippen LogP contribution in [0.25, 0.3) is 0 Å². The molecule has 0 nitrogen and oxygen atoms in total. The van der Waals surface area contributed by atoms with E-state index in [0.717, 1.165) is 16.2 Å². The summed E-state index contributed by atoms with van der Waals surface area (Å²) in [6.07, 6.45) is -3.91. The Morgan fingerprint density at radius 2 is 0.968 bits per heavy atom. The van der Waals surface area contributed by atoms with E-state index in [-0.39, 0.29) is 12.4 Å². The number of hydrogen-bond donors (Lipinski definition) is 0. The van der Waals surface area contributed by atoms with Crippen molar-refractivity contribution in [3.8, 4) is 0 Å². The van der Waals surface area contributed by atoms with Crippen molar-refractivity contribution in [2.75, 3.05) is 0 Å². The van der Waals surface area contributed by atoms with Gasteiger partial charge in [0, 0.05) is 0 Å². The predicted octanol–water partition coefficient (Wildman–Crippen LogP) is 3.20. The summed E-state index contributed by atoms with van der Waals surface area (Å²) in [4.78, 5) is 0. The summed E-state index contributed by atoms with van der Waals surface area (Å²) in [7, 11) is -2.63. The Kier molecular flexibility index (Phi) is 7.20. The molecule has 4 aromatic carbocycles. The van der Waals surface area contributed by atoms with Crippen molar-refractivity contribution in [1.29, 1.82) is 0 Å². The molecular weight excluding hydrogens is 436 g/mol. The number of benzene rings is 4. The van der Waals surface area contributed by atoms with Gasteiger partial charge in [-0.1, -0.05) is 78.9 Å². The number of alkyl halides is 3. The maximum absolute atomic E-state index is 14.2. The molecular formula is C26H21ClF3P. The zero-order valence-electron chi connectivity index (χ0n) is 16.6. The Bertz CT molecular complexity index is 1060. The summed E-state index contributed by atoms with van der Waals surface area (Å²) >= 11 is 0. The van der Waals surface area contributed by atoms with Gasteiger partial charge in [-0.3, -0.25) is 0 Å². The van der Waals surface area contributed by atoms with E-state index in [1.807, 2.05) is 91.0 Å². The lowest BCUT2D eigenvalue weighted by atomic mass is 10.2. The molecule has 4 rings (SSSR count). The molecule has 0 fully saturated rings. The van der Waals surface area contributed by atoms with E-state index in [9.17, 15) is 13.2 Å². The van der Waals surface area contributed by atoms with Crippen molar-refractivity contribution in [1.82, 2.24) is 0 Å². The standard InChI is InChI=1S/C26H21F3P.ClH/c27-26(28,29)24-18-10-11-19-25(24)30(22-14-6-2-7-15-22,23-16-8-3-9-17-23)20-21-12-4-1-5-13-21;/h1-19H,20H2;1H/q+1;/p-1. The highest BCUT2D eigenvalue weighted by Gasteiger charge is 2.50. The van der Waals surface area contributed by atoms with E-state index < -0.39 is 19.0 Å². The zero-order chi connectivity index (χ0) is 21.0. The molecule has 4 aromatic rings. The largest absolute Gasteiger partial charge is 1.00 e. The predicted molar refractivity (Wildman–Crippen MR) is 120 cm³/mol. The topological polar surface area (TPSA) is 0 Å². The van der Waals surface area contributed by atoms with Gasteiger partial charge in [-0.15, -0.1) is 0 Å². The lowest BCUT2D eigenvalue weighted by Gasteiger charge is -2.30. The molecule has 0 saturated carbocycles. The Morgan fingerprint density at radius 3 is 1.45 bits per heavy atom. The van der Waals surface area contributed by atoms with Gasteiger partial charge in [-0.05, 0) is 42.0 Å². The maximum atomic E-state index is 14.2. The van der Waals surface area contributed by atoms with Gasteiger partial charge in [0.15, 0.2) is 0 Å². The lowest BCUT2D eigenvalue weighted by molar-refractivity contribution is -0.136. The van der Waals surface area contributed by atoms with Crippen LogP contribution in [-0.4, -0.2) is 0 Å². The van der Waals surface area contributed by atoms with Crippen LogP contribution in [0.4, 0.5) is 13.2 Å². The van der Waals surface area contributed by atoms with Crippen LogP contribution in [0.2, 0.25) is 0 Å². The Balaban J connectivity index is 0.00000272. The molecule has 31 heavy (non-hydrogen) atoms. The van der Waals surface area contributed by atoms with Crippen molar-refractivity contribution in [2.24, 2.45) is 0 Å². The molecule has 0 spiro atoms. The van der Waals surface area contributed by atoms with Gasteiger partial charge in [-0.2, -0.15) is 13.2 Å². The Morgan fingerprint density at radius 1 is 0.548 bits per heavy atom. The molecule has 0 N–H and O–H groups in total. The van der Waals surface area contributed by atoms with Gasteiger partial charge in [0.1, 0.15) is 23.2 Å². The van der Waals surface area contributed by atoms with Crippen LogP contribution in [0.1, 0.15) is 11.1 Å². The summed E-state index contributed by atoms with van der Waals surface area (Å²) in [5, 5.41) is 2.26. The monoisotopic (exact) mass is 456 g/mol. The van der Waals surface area contributed by atoms with Crippen LogP contribution in [0.3, 0.4) is 0 Å². The first-order valence-corrected chi connectivity index (χ1v) is 11.7. The summed E-state index contributed by atoms with van der Waals surface area (Å²) in [5.41, 5.74) is 0.470. The van der Waals surface area contributed by atoms with Crippen molar-refractivity contribution in [2.45, 2.75) is 12.3 Å². The van der Waals surface area contributed by atoms with Crippen LogP contribution in [0.5, 0.6) is 0 Å². The SMILES string of the molecule is FC(F)(F)c1ccccc1[P+](Cc1ccccc1)(c1ccccc1)c1ccccc1.[Cl-]. The molecule has 0 aromatic heterocycles.